The van der Waals surface area contributed by atoms with Crippen LogP contribution in [0.4, 0.5) is 5.13 Å². The average molecular weight is 218 g/mol. The van der Waals surface area contributed by atoms with Crippen LogP contribution in [0.1, 0.15) is 13.8 Å². The first kappa shape index (κ1) is 10.3. The Hall–Kier alpha value is -0.790. The Morgan fingerprint density at radius 2 is 2.38 bits per heavy atom. The van der Waals surface area contributed by atoms with E-state index >= 15 is 0 Å². The third kappa shape index (κ3) is 2.87. The lowest BCUT2D eigenvalue weighted by atomic mass is 10.7. The van der Waals surface area contributed by atoms with Crippen molar-refractivity contribution >= 4 is 38.4 Å². The van der Waals surface area contributed by atoms with Crippen molar-refractivity contribution < 1.29 is 4.79 Å². The van der Waals surface area contributed by atoms with E-state index in [9.17, 15) is 4.79 Å². The van der Waals surface area contributed by atoms with Crippen LogP contribution in [-0.4, -0.2) is 21.5 Å². The number of aromatic nitrogens is 2. The quantitative estimate of drug-likeness (QED) is 0.569. The Balaban J connectivity index is 2.80. The maximum Gasteiger partial charge on any atom is 0.223 e. The molecule has 0 bridgehead atoms. The van der Waals surface area contributed by atoms with Crippen LogP contribution in [0, 0.1) is 0 Å². The molecule has 1 amide bonds. The highest BCUT2D eigenvalue weighted by atomic mass is 32.2. The van der Waals surface area contributed by atoms with Crippen molar-refractivity contribution in [3.8, 4) is 0 Å². The molecule has 0 aromatic carbocycles. The van der Waals surface area contributed by atoms with E-state index in [1.807, 2.05) is 12.3 Å². The van der Waals surface area contributed by atoms with Gasteiger partial charge in [-0.3, -0.25) is 9.93 Å². The molecule has 7 heteroatoms. The van der Waals surface area contributed by atoms with Gasteiger partial charge in [-0.2, -0.15) is 0 Å². The van der Waals surface area contributed by atoms with E-state index in [2.05, 4.69) is 15.5 Å². The van der Waals surface area contributed by atoms with E-state index in [1.165, 1.54) is 18.3 Å². The maximum absolute atomic E-state index is 10.7. The lowest BCUT2D eigenvalue weighted by Gasteiger charge is -1.92. The second-order valence-electron chi connectivity index (χ2n) is 2.16. The molecule has 1 heterocycles. The van der Waals surface area contributed by atoms with Gasteiger partial charge in [-0.1, -0.05) is 22.0 Å². The van der Waals surface area contributed by atoms with Gasteiger partial charge in [0.1, 0.15) is 0 Å². The van der Waals surface area contributed by atoms with Gasteiger partial charge < -0.3 is 5.32 Å². The first-order valence-electron chi connectivity index (χ1n) is 3.51. The van der Waals surface area contributed by atoms with Crippen molar-refractivity contribution in [3.05, 3.63) is 0 Å². The highest BCUT2D eigenvalue weighted by molar-refractivity contribution is 8.14. The molecule has 13 heavy (non-hydrogen) atoms. The Bertz CT molecular complexity index is 346. The Kier molecular flexibility index (Phi) is 3.52. The molecule has 0 spiro atoms. The molecule has 72 valence electrons. The van der Waals surface area contributed by atoms with Gasteiger partial charge in [-0.15, -0.1) is 10.2 Å². The molecule has 1 unspecified atom stereocenters. The number of amides is 1. The third-order valence-corrected chi connectivity index (χ3v) is 3.60. The summed E-state index contributed by atoms with van der Waals surface area (Å²) >= 11 is 1.30. The first-order chi connectivity index (χ1) is 6.13. The largest absolute Gasteiger partial charge is 0.301 e. The van der Waals surface area contributed by atoms with Gasteiger partial charge in [-0.05, 0) is 12.3 Å². The van der Waals surface area contributed by atoms with Crippen LogP contribution in [0.15, 0.2) is 4.34 Å². The minimum absolute atomic E-state index is 0.153. The molecule has 3 N–H and O–H groups in total. The van der Waals surface area contributed by atoms with Crippen LogP contribution in [0.25, 0.3) is 0 Å². The molecule has 0 fully saturated rings. The van der Waals surface area contributed by atoms with Gasteiger partial charge in [0, 0.05) is 6.92 Å². The number of nitrogens with zero attached hydrogens (tertiary/aromatic N) is 2. The molecule has 1 aromatic rings. The molecule has 1 aromatic heterocycles. The van der Waals surface area contributed by atoms with Crippen molar-refractivity contribution in [1.82, 2.24) is 10.2 Å². The predicted molar refractivity (Wildman–Crippen MR) is 56.0 cm³/mol. The van der Waals surface area contributed by atoms with Crippen molar-refractivity contribution in [2.24, 2.45) is 5.14 Å². The van der Waals surface area contributed by atoms with E-state index in [0.29, 0.717) is 5.13 Å². The zero-order chi connectivity index (χ0) is 9.84. The number of nitrogens with two attached hydrogens (primary N) is 1. The number of rotatable bonds is 2. The minimum Gasteiger partial charge on any atom is -0.301 e. The van der Waals surface area contributed by atoms with Crippen LogP contribution in [0.2, 0.25) is 0 Å². The summed E-state index contributed by atoms with van der Waals surface area (Å²) in [6.45, 7) is 3.29. The smallest absolute Gasteiger partial charge is 0.223 e. The van der Waals surface area contributed by atoms with Gasteiger partial charge in [0.15, 0.2) is 4.34 Å². The topological polar surface area (TPSA) is 80.9 Å². The highest BCUT2D eigenvalue weighted by Crippen LogP contribution is 2.25. The van der Waals surface area contributed by atoms with E-state index < -0.39 is 10.7 Å². The van der Waals surface area contributed by atoms with Crippen LogP contribution in [0.5, 0.6) is 0 Å². The average Bonchev–Trinajstić information content (AvgIpc) is 2.50. The fourth-order valence-corrected chi connectivity index (χ4v) is 2.38. The normalized spacial score (nSPS) is 12.8. The van der Waals surface area contributed by atoms with E-state index in [1.54, 1.807) is 0 Å². The first-order valence-corrected chi connectivity index (χ1v) is 5.68. The fraction of sp³-hybridized carbons (Fsp3) is 0.333. The number of hydrogen-bond donors (Lipinski definition) is 2. The minimum atomic E-state index is -0.466. The molecule has 0 aliphatic carbocycles. The van der Waals surface area contributed by atoms with Crippen LogP contribution >= 0.6 is 22.0 Å². The van der Waals surface area contributed by atoms with E-state index in [-0.39, 0.29) is 5.91 Å². The SMILES string of the molecule is C/C=S(/N)c1nnc(NC(C)=O)s1. The van der Waals surface area contributed by atoms with E-state index in [0.717, 1.165) is 4.34 Å². The van der Waals surface area contributed by atoms with Crippen molar-refractivity contribution in [2.75, 3.05) is 5.32 Å². The highest BCUT2D eigenvalue weighted by Gasteiger charge is 2.05. The van der Waals surface area contributed by atoms with Gasteiger partial charge in [0.05, 0.1) is 0 Å². The lowest BCUT2D eigenvalue weighted by molar-refractivity contribution is -0.114. The Labute approximate surface area is 82.4 Å². The van der Waals surface area contributed by atoms with Crippen molar-refractivity contribution in [2.45, 2.75) is 18.2 Å². The Morgan fingerprint density at radius 1 is 1.69 bits per heavy atom. The monoisotopic (exact) mass is 218 g/mol. The summed E-state index contributed by atoms with van der Waals surface area (Å²) in [4.78, 5) is 10.7. The summed E-state index contributed by atoms with van der Waals surface area (Å²) in [5, 5.41) is 18.2. The Morgan fingerprint density at radius 3 is 2.92 bits per heavy atom. The molecule has 1 atom stereocenters. The van der Waals surface area contributed by atoms with Gasteiger partial charge in [0.25, 0.3) is 0 Å². The second kappa shape index (κ2) is 4.45. The third-order valence-electron chi connectivity index (χ3n) is 1.14. The van der Waals surface area contributed by atoms with Gasteiger partial charge >= 0.3 is 0 Å². The van der Waals surface area contributed by atoms with E-state index in [4.69, 9.17) is 5.14 Å². The molecule has 0 aliphatic rings. The maximum atomic E-state index is 10.7. The number of carbonyl (C=O) groups excluding carboxylic acids is 1. The molecular formula is C6H10N4OS2. The summed E-state index contributed by atoms with van der Waals surface area (Å²) in [5.41, 5.74) is 0. The van der Waals surface area contributed by atoms with Crippen molar-refractivity contribution in [3.63, 3.8) is 0 Å². The van der Waals surface area contributed by atoms with Gasteiger partial charge in [-0.25, -0.2) is 0 Å². The molecule has 0 saturated carbocycles. The summed E-state index contributed by atoms with van der Waals surface area (Å²) in [7, 11) is -0.466. The predicted octanol–water partition coefficient (Wildman–Crippen LogP) is 0.820. The number of anilines is 1. The standard InChI is InChI=1S/C6H10N4OS2/c1-3-13(7)6-10-9-5(12-6)8-4(2)11/h3H,7H2,1-2H3,(H,8,9,11). The van der Waals surface area contributed by atoms with Crippen LogP contribution in [0.3, 0.4) is 0 Å². The summed E-state index contributed by atoms with van der Waals surface area (Å²) in [5.74, 6) is -0.153. The lowest BCUT2D eigenvalue weighted by Crippen LogP contribution is -2.04. The molecule has 0 radical (unpaired) electrons. The summed E-state index contributed by atoms with van der Waals surface area (Å²) < 4.78 is 0.728. The molecule has 1 rings (SSSR count). The zero-order valence-corrected chi connectivity index (χ0v) is 8.91. The van der Waals surface area contributed by atoms with Crippen molar-refractivity contribution in [1.29, 1.82) is 0 Å². The number of hydrogen-bond acceptors (Lipinski definition) is 5. The molecule has 5 nitrogen and oxygen atoms in total. The van der Waals surface area contributed by atoms with Crippen LogP contribution < -0.4 is 10.5 Å². The number of nitrogens with one attached hydrogen (secondary N) is 1. The zero-order valence-electron chi connectivity index (χ0n) is 7.27. The molecule has 0 aliphatic heterocycles. The fourth-order valence-electron chi connectivity index (χ4n) is 0.607. The molecular weight excluding hydrogens is 208 g/mol. The molecule has 0 saturated heterocycles. The summed E-state index contributed by atoms with van der Waals surface area (Å²) in [6, 6.07) is 0. The second-order valence-corrected chi connectivity index (χ2v) is 5.00. The van der Waals surface area contributed by atoms with Crippen LogP contribution in [-0.2, 0) is 4.79 Å². The summed E-state index contributed by atoms with van der Waals surface area (Å²) in [6.07, 6.45) is 0. The number of carbonyl (C=O) groups is 1. The van der Waals surface area contributed by atoms with Gasteiger partial charge in [0.2, 0.25) is 11.0 Å².